The zero-order valence-electron chi connectivity index (χ0n) is 12.6. The molecule has 3 N–H and O–H groups in total. The van der Waals surface area contributed by atoms with Crippen molar-refractivity contribution < 1.29 is 4.79 Å². The minimum Gasteiger partial charge on any atom is -0.349 e. The van der Waals surface area contributed by atoms with Crippen LogP contribution in [-0.2, 0) is 4.79 Å². The van der Waals surface area contributed by atoms with Crippen molar-refractivity contribution in [2.24, 2.45) is 5.73 Å². The highest BCUT2D eigenvalue weighted by Crippen LogP contribution is 2.29. The molecule has 1 unspecified atom stereocenters. The highest BCUT2D eigenvalue weighted by Gasteiger charge is 2.34. The Hall–Kier alpha value is -1.35. The van der Waals surface area contributed by atoms with Crippen LogP contribution in [0.3, 0.4) is 0 Å². The van der Waals surface area contributed by atoms with Crippen molar-refractivity contribution in [1.82, 2.24) is 5.32 Å². The molecule has 3 heteroatoms. The fourth-order valence-corrected chi connectivity index (χ4v) is 3.31. The van der Waals surface area contributed by atoms with Crippen LogP contribution in [0.1, 0.15) is 56.1 Å². The largest absolute Gasteiger partial charge is 0.349 e. The maximum atomic E-state index is 12.3. The van der Waals surface area contributed by atoms with Gasteiger partial charge in [0.2, 0.25) is 5.91 Å². The summed E-state index contributed by atoms with van der Waals surface area (Å²) in [5, 5.41) is 3.20. The number of rotatable bonds is 5. The van der Waals surface area contributed by atoms with E-state index in [0.717, 1.165) is 12.8 Å². The van der Waals surface area contributed by atoms with Gasteiger partial charge in [-0.05, 0) is 36.8 Å². The average molecular weight is 274 g/mol. The van der Waals surface area contributed by atoms with E-state index in [2.05, 4.69) is 31.3 Å². The molecule has 1 amide bonds. The fourth-order valence-electron chi connectivity index (χ4n) is 3.31. The summed E-state index contributed by atoms with van der Waals surface area (Å²) < 4.78 is 0. The van der Waals surface area contributed by atoms with Crippen LogP contribution in [0.5, 0.6) is 0 Å². The second-order valence-electron chi connectivity index (χ2n) is 6.20. The highest BCUT2D eigenvalue weighted by atomic mass is 16.1. The lowest BCUT2D eigenvalue weighted by Gasteiger charge is -2.29. The average Bonchev–Trinajstić information content (AvgIpc) is 2.88. The van der Waals surface area contributed by atoms with Gasteiger partial charge in [0.15, 0.2) is 0 Å². The molecule has 0 heterocycles. The second-order valence-corrected chi connectivity index (χ2v) is 6.20. The fraction of sp³-hybridized carbons (Fsp3) is 0.588. The number of carbonyl (C=O) groups excluding carboxylic acids is 1. The lowest BCUT2D eigenvalue weighted by Crippen LogP contribution is -2.51. The Bertz CT molecular complexity index is 464. The molecule has 0 aromatic heterocycles. The van der Waals surface area contributed by atoms with Gasteiger partial charge < -0.3 is 11.1 Å². The van der Waals surface area contributed by atoms with Gasteiger partial charge in [0.05, 0.1) is 5.54 Å². The van der Waals surface area contributed by atoms with E-state index in [0.29, 0.717) is 13.0 Å². The molecule has 3 nitrogen and oxygen atoms in total. The molecular weight excluding hydrogens is 248 g/mol. The van der Waals surface area contributed by atoms with E-state index >= 15 is 0 Å². The van der Waals surface area contributed by atoms with Gasteiger partial charge in [-0.25, -0.2) is 0 Å². The van der Waals surface area contributed by atoms with E-state index in [9.17, 15) is 4.79 Å². The first-order valence-electron chi connectivity index (χ1n) is 7.63. The van der Waals surface area contributed by atoms with Crippen LogP contribution >= 0.6 is 0 Å². The van der Waals surface area contributed by atoms with Crippen molar-refractivity contribution >= 4 is 5.91 Å². The van der Waals surface area contributed by atoms with Crippen molar-refractivity contribution in [2.75, 3.05) is 6.54 Å². The van der Waals surface area contributed by atoms with Crippen LogP contribution in [0, 0.1) is 6.92 Å². The van der Waals surface area contributed by atoms with Gasteiger partial charge in [-0.3, -0.25) is 4.79 Å². The van der Waals surface area contributed by atoms with Gasteiger partial charge in [-0.2, -0.15) is 0 Å². The molecule has 0 radical (unpaired) electrons. The maximum absolute atomic E-state index is 12.3. The smallest absolute Gasteiger partial charge is 0.221 e. The minimum absolute atomic E-state index is 0.133. The van der Waals surface area contributed by atoms with Gasteiger partial charge in [0.1, 0.15) is 0 Å². The summed E-state index contributed by atoms with van der Waals surface area (Å²) in [5.41, 5.74) is 8.24. The van der Waals surface area contributed by atoms with Crippen molar-refractivity contribution in [2.45, 2.75) is 57.4 Å². The third-order valence-electron chi connectivity index (χ3n) is 4.57. The van der Waals surface area contributed by atoms with Crippen molar-refractivity contribution in [3.05, 3.63) is 35.4 Å². The maximum Gasteiger partial charge on any atom is 0.221 e. The summed E-state index contributed by atoms with van der Waals surface area (Å²) in [7, 11) is 0. The van der Waals surface area contributed by atoms with E-state index in [1.165, 1.54) is 24.0 Å². The normalized spacial score (nSPS) is 18.8. The minimum atomic E-state index is -0.136. The lowest BCUT2D eigenvalue weighted by atomic mass is 9.92. The standard InChI is InChI=1S/C17H26N2O/c1-13-7-3-4-8-15(13)14(2)11-16(20)19-17(12-18)9-5-6-10-17/h3-4,7-8,14H,5-6,9-12,18H2,1-2H3,(H,19,20). The van der Waals surface area contributed by atoms with Crippen LogP contribution in [-0.4, -0.2) is 18.0 Å². The van der Waals surface area contributed by atoms with Crippen LogP contribution in [0.25, 0.3) is 0 Å². The van der Waals surface area contributed by atoms with E-state index in [4.69, 9.17) is 5.73 Å². The van der Waals surface area contributed by atoms with E-state index in [1.54, 1.807) is 0 Å². The molecule has 2 rings (SSSR count). The van der Waals surface area contributed by atoms with Gasteiger partial charge in [0, 0.05) is 13.0 Å². The first kappa shape index (κ1) is 15.0. The summed E-state index contributed by atoms with van der Waals surface area (Å²) in [5.74, 6) is 0.375. The molecule has 1 atom stereocenters. The Kier molecular flexibility index (Phi) is 4.81. The Balaban J connectivity index is 1.96. The number of hydrogen-bond donors (Lipinski definition) is 2. The highest BCUT2D eigenvalue weighted by molar-refractivity contribution is 5.77. The van der Waals surface area contributed by atoms with Gasteiger partial charge in [-0.1, -0.05) is 44.0 Å². The Morgan fingerprint density at radius 1 is 1.35 bits per heavy atom. The van der Waals surface area contributed by atoms with Crippen LogP contribution < -0.4 is 11.1 Å². The molecule has 1 aliphatic carbocycles. The molecule has 0 aliphatic heterocycles. The molecule has 0 saturated heterocycles. The number of nitrogens with two attached hydrogens (primary N) is 1. The monoisotopic (exact) mass is 274 g/mol. The van der Waals surface area contributed by atoms with Gasteiger partial charge >= 0.3 is 0 Å². The molecule has 1 aromatic rings. The number of nitrogens with one attached hydrogen (secondary N) is 1. The summed E-state index contributed by atoms with van der Waals surface area (Å²) in [6.45, 7) is 4.77. The first-order valence-corrected chi connectivity index (χ1v) is 7.63. The summed E-state index contributed by atoms with van der Waals surface area (Å²) >= 11 is 0. The SMILES string of the molecule is Cc1ccccc1C(C)CC(=O)NC1(CN)CCCC1. The molecule has 20 heavy (non-hydrogen) atoms. The third-order valence-corrected chi connectivity index (χ3v) is 4.57. The van der Waals surface area contributed by atoms with Crippen LogP contribution in [0.2, 0.25) is 0 Å². The Morgan fingerprint density at radius 2 is 2.00 bits per heavy atom. The first-order chi connectivity index (χ1) is 9.56. The topological polar surface area (TPSA) is 55.1 Å². The predicted octanol–water partition coefficient (Wildman–Crippen LogP) is 2.88. The summed E-state index contributed by atoms with van der Waals surface area (Å²) in [6.07, 6.45) is 4.92. The molecular formula is C17H26N2O. The number of carbonyl (C=O) groups is 1. The number of aryl methyl sites for hydroxylation is 1. The molecule has 1 fully saturated rings. The third kappa shape index (κ3) is 3.40. The quantitative estimate of drug-likeness (QED) is 0.867. The Morgan fingerprint density at radius 3 is 2.60 bits per heavy atom. The van der Waals surface area contributed by atoms with Gasteiger partial charge in [-0.15, -0.1) is 0 Å². The van der Waals surface area contributed by atoms with Crippen molar-refractivity contribution in [1.29, 1.82) is 0 Å². The molecule has 110 valence electrons. The summed E-state index contributed by atoms with van der Waals surface area (Å²) in [4.78, 5) is 12.3. The molecule has 0 spiro atoms. The zero-order chi connectivity index (χ0) is 14.6. The molecule has 1 saturated carbocycles. The van der Waals surface area contributed by atoms with E-state index < -0.39 is 0 Å². The van der Waals surface area contributed by atoms with E-state index in [1.807, 2.05) is 12.1 Å². The number of amides is 1. The van der Waals surface area contributed by atoms with Crippen LogP contribution in [0.15, 0.2) is 24.3 Å². The number of hydrogen-bond acceptors (Lipinski definition) is 2. The van der Waals surface area contributed by atoms with Gasteiger partial charge in [0.25, 0.3) is 0 Å². The molecule has 1 aromatic carbocycles. The number of benzene rings is 1. The second kappa shape index (κ2) is 6.40. The van der Waals surface area contributed by atoms with Crippen molar-refractivity contribution in [3.63, 3.8) is 0 Å². The zero-order valence-corrected chi connectivity index (χ0v) is 12.6. The van der Waals surface area contributed by atoms with E-state index in [-0.39, 0.29) is 17.4 Å². The summed E-state index contributed by atoms with van der Waals surface area (Å²) in [6, 6.07) is 8.28. The predicted molar refractivity (Wildman–Crippen MR) is 82.6 cm³/mol. The molecule has 0 bridgehead atoms. The Labute approximate surface area is 121 Å². The van der Waals surface area contributed by atoms with Crippen LogP contribution in [0.4, 0.5) is 0 Å². The molecule has 1 aliphatic rings. The van der Waals surface area contributed by atoms with Crippen molar-refractivity contribution in [3.8, 4) is 0 Å². The lowest BCUT2D eigenvalue weighted by molar-refractivity contribution is -0.123.